The summed E-state index contributed by atoms with van der Waals surface area (Å²) < 4.78 is 42.8. The van der Waals surface area contributed by atoms with Gasteiger partial charge in [0.1, 0.15) is 10.6 Å². The van der Waals surface area contributed by atoms with E-state index in [9.17, 15) is 13.2 Å². The highest BCUT2D eigenvalue weighted by molar-refractivity contribution is 7.91. The SMILES string of the molecule is CCOc1ccc(C2CC(=O)Nc3c(S(=O)(=O)c4ccc(OC)cc4)csc32)cc1OC. The average Bonchev–Trinajstić information content (AvgIpc) is 3.23. The molecule has 1 unspecified atom stereocenters. The Balaban J connectivity index is 1.76. The minimum absolute atomic E-state index is 0.0959. The van der Waals surface area contributed by atoms with E-state index in [1.54, 1.807) is 24.6 Å². The summed E-state index contributed by atoms with van der Waals surface area (Å²) in [4.78, 5) is 13.6. The number of carbonyl (C=O) groups excluding carboxylic acids is 1. The Morgan fingerprint density at radius 1 is 1.06 bits per heavy atom. The Morgan fingerprint density at radius 2 is 1.81 bits per heavy atom. The van der Waals surface area contributed by atoms with Gasteiger partial charge in [0, 0.05) is 22.6 Å². The molecule has 4 rings (SSSR count). The number of methoxy groups -OCH3 is 2. The van der Waals surface area contributed by atoms with E-state index in [0.717, 1.165) is 10.4 Å². The van der Waals surface area contributed by atoms with Crippen molar-refractivity contribution in [2.45, 2.75) is 29.1 Å². The number of hydrogen-bond donors (Lipinski definition) is 1. The summed E-state index contributed by atoms with van der Waals surface area (Å²) in [5.41, 5.74) is 1.21. The Hall–Kier alpha value is -3.04. The van der Waals surface area contributed by atoms with Crippen LogP contribution in [0.1, 0.15) is 29.7 Å². The Kier molecular flexibility index (Phi) is 6.12. The maximum absolute atomic E-state index is 13.3. The largest absolute Gasteiger partial charge is 0.497 e. The number of nitrogens with one attached hydrogen (secondary N) is 1. The maximum Gasteiger partial charge on any atom is 0.225 e. The van der Waals surface area contributed by atoms with Crippen LogP contribution in [0.3, 0.4) is 0 Å². The van der Waals surface area contributed by atoms with Gasteiger partial charge < -0.3 is 19.5 Å². The molecule has 0 saturated heterocycles. The van der Waals surface area contributed by atoms with Crippen molar-refractivity contribution in [3.8, 4) is 17.2 Å². The molecule has 2 heterocycles. The van der Waals surface area contributed by atoms with Gasteiger partial charge in [-0.15, -0.1) is 11.3 Å². The maximum atomic E-state index is 13.3. The first-order chi connectivity index (χ1) is 15.4. The lowest BCUT2D eigenvalue weighted by molar-refractivity contribution is -0.116. The molecule has 32 heavy (non-hydrogen) atoms. The second kappa shape index (κ2) is 8.84. The summed E-state index contributed by atoms with van der Waals surface area (Å²) >= 11 is 1.32. The van der Waals surface area contributed by atoms with Gasteiger partial charge in [-0.05, 0) is 48.9 Å². The van der Waals surface area contributed by atoms with Crippen LogP contribution in [0.4, 0.5) is 5.69 Å². The van der Waals surface area contributed by atoms with Gasteiger partial charge in [-0.3, -0.25) is 4.79 Å². The summed E-state index contributed by atoms with van der Waals surface area (Å²) in [6, 6.07) is 11.7. The Morgan fingerprint density at radius 3 is 2.47 bits per heavy atom. The van der Waals surface area contributed by atoms with Crippen molar-refractivity contribution in [2.24, 2.45) is 0 Å². The van der Waals surface area contributed by atoms with E-state index in [0.29, 0.717) is 29.5 Å². The van der Waals surface area contributed by atoms with Crippen LogP contribution in [-0.4, -0.2) is 35.2 Å². The summed E-state index contributed by atoms with van der Waals surface area (Å²) in [5, 5.41) is 4.37. The lowest BCUT2D eigenvalue weighted by Gasteiger charge is -2.24. The minimum Gasteiger partial charge on any atom is -0.497 e. The molecule has 0 bridgehead atoms. The highest BCUT2D eigenvalue weighted by Gasteiger charge is 2.34. The van der Waals surface area contributed by atoms with Crippen LogP contribution in [0.15, 0.2) is 57.6 Å². The first-order valence-corrected chi connectivity index (χ1v) is 12.4. The zero-order valence-electron chi connectivity index (χ0n) is 17.9. The summed E-state index contributed by atoms with van der Waals surface area (Å²) in [6.07, 6.45) is 0.215. The number of amides is 1. The van der Waals surface area contributed by atoms with Crippen LogP contribution in [0.5, 0.6) is 17.2 Å². The van der Waals surface area contributed by atoms with Gasteiger partial charge in [-0.1, -0.05) is 6.07 Å². The molecule has 1 N–H and O–H groups in total. The molecule has 1 aromatic heterocycles. The highest BCUT2D eigenvalue weighted by atomic mass is 32.2. The quantitative estimate of drug-likeness (QED) is 0.544. The smallest absolute Gasteiger partial charge is 0.225 e. The zero-order valence-corrected chi connectivity index (χ0v) is 19.5. The van der Waals surface area contributed by atoms with Crippen molar-refractivity contribution in [1.82, 2.24) is 0 Å². The molecule has 0 saturated carbocycles. The van der Waals surface area contributed by atoms with Gasteiger partial charge in [0.15, 0.2) is 11.5 Å². The molecule has 0 radical (unpaired) electrons. The molecule has 9 heteroatoms. The Bertz CT molecular complexity index is 1250. The molecule has 2 aromatic carbocycles. The molecule has 1 aliphatic heterocycles. The van der Waals surface area contributed by atoms with Crippen molar-refractivity contribution in [1.29, 1.82) is 0 Å². The molecule has 7 nitrogen and oxygen atoms in total. The fourth-order valence-electron chi connectivity index (χ4n) is 3.73. The number of ether oxygens (including phenoxy) is 3. The molecular weight excluding hydrogens is 450 g/mol. The predicted octanol–water partition coefficient (Wildman–Crippen LogP) is 4.47. The van der Waals surface area contributed by atoms with Crippen molar-refractivity contribution >= 4 is 32.8 Å². The lowest BCUT2D eigenvalue weighted by Crippen LogP contribution is -2.23. The van der Waals surface area contributed by atoms with E-state index >= 15 is 0 Å². The Labute approximate surface area is 190 Å². The number of thiophene rings is 1. The summed E-state index contributed by atoms with van der Waals surface area (Å²) in [5.74, 6) is 1.23. The third-order valence-electron chi connectivity index (χ3n) is 5.31. The van der Waals surface area contributed by atoms with Gasteiger partial charge in [-0.25, -0.2) is 8.42 Å². The van der Waals surface area contributed by atoms with Crippen LogP contribution in [0.2, 0.25) is 0 Å². The first-order valence-electron chi connectivity index (χ1n) is 10.00. The van der Waals surface area contributed by atoms with Gasteiger partial charge in [0.2, 0.25) is 15.7 Å². The normalized spacial score (nSPS) is 15.6. The number of benzene rings is 2. The number of carbonyl (C=O) groups is 1. The van der Waals surface area contributed by atoms with E-state index in [4.69, 9.17) is 14.2 Å². The number of fused-ring (bicyclic) bond motifs is 1. The van der Waals surface area contributed by atoms with Gasteiger partial charge >= 0.3 is 0 Å². The molecule has 0 spiro atoms. The zero-order chi connectivity index (χ0) is 22.9. The predicted molar refractivity (Wildman–Crippen MR) is 122 cm³/mol. The van der Waals surface area contributed by atoms with Crippen LogP contribution >= 0.6 is 11.3 Å². The number of rotatable bonds is 7. The van der Waals surface area contributed by atoms with Gasteiger partial charge in [0.05, 0.1) is 31.4 Å². The van der Waals surface area contributed by atoms with Crippen LogP contribution in [0, 0.1) is 0 Å². The van der Waals surface area contributed by atoms with Crippen molar-refractivity contribution < 1.29 is 27.4 Å². The third-order valence-corrected chi connectivity index (χ3v) is 8.34. The standard InChI is InChI=1S/C23H23NO6S2/c1-4-30-18-10-5-14(11-19(18)29-3)17-12-21(25)24-22-20(13-31-23(17)22)32(26,27)16-8-6-15(28-2)7-9-16/h5-11,13,17H,4,12H2,1-3H3,(H,24,25). The number of anilines is 1. The number of hydrogen-bond acceptors (Lipinski definition) is 7. The summed E-state index contributed by atoms with van der Waals surface area (Å²) in [6.45, 7) is 2.39. The monoisotopic (exact) mass is 473 g/mol. The lowest BCUT2D eigenvalue weighted by atomic mass is 9.90. The van der Waals surface area contributed by atoms with Crippen LogP contribution in [0.25, 0.3) is 0 Å². The first kappa shape index (κ1) is 22.2. The highest BCUT2D eigenvalue weighted by Crippen LogP contribution is 2.47. The molecule has 0 aliphatic carbocycles. The topological polar surface area (TPSA) is 90.9 Å². The second-order valence-electron chi connectivity index (χ2n) is 7.17. The molecular formula is C23H23NO6S2. The van der Waals surface area contributed by atoms with Crippen molar-refractivity contribution in [3.63, 3.8) is 0 Å². The van der Waals surface area contributed by atoms with E-state index in [2.05, 4.69) is 5.32 Å². The average molecular weight is 474 g/mol. The molecule has 3 aromatic rings. The van der Waals surface area contributed by atoms with Crippen molar-refractivity contribution in [2.75, 3.05) is 26.1 Å². The van der Waals surface area contributed by atoms with Crippen molar-refractivity contribution in [3.05, 3.63) is 58.3 Å². The third kappa shape index (κ3) is 3.93. The molecule has 168 valence electrons. The van der Waals surface area contributed by atoms with E-state index < -0.39 is 9.84 Å². The molecule has 0 fully saturated rings. The summed E-state index contributed by atoms with van der Waals surface area (Å²) in [7, 11) is -0.744. The van der Waals surface area contributed by atoms with Gasteiger partial charge in [0.25, 0.3) is 0 Å². The second-order valence-corrected chi connectivity index (χ2v) is 10.00. The van der Waals surface area contributed by atoms with E-state index in [-0.39, 0.29) is 28.0 Å². The van der Waals surface area contributed by atoms with Crippen LogP contribution in [-0.2, 0) is 14.6 Å². The fourth-order valence-corrected chi connectivity index (χ4v) is 6.64. The molecule has 1 amide bonds. The van der Waals surface area contributed by atoms with E-state index in [1.807, 2.05) is 25.1 Å². The van der Waals surface area contributed by atoms with Crippen LogP contribution < -0.4 is 19.5 Å². The van der Waals surface area contributed by atoms with E-state index in [1.165, 1.54) is 30.6 Å². The fraction of sp³-hybridized carbons (Fsp3) is 0.261. The number of sulfone groups is 1. The molecule has 1 atom stereocenters. The van der Waals surface area contributed by atoms with Gasteiger partial charge in [-0.2, -0.15) is 0 Å². The minimum atomic E-state index is -3.82. The molecule has 1 aliphatic rings.